The van der Waals surface area contributed by atoms with Crippen molar-refractivity contribution >= 4 is 11.2 Å². The van der Waals surface area contributed by atoms with Gasteiger partial charge in [-0.1, -0.05) is 11.9 Å². The van der Waals surface area contributed by atoms with Gasteiger partial charge in [0.25, 0.3) is 5.65 Å². The minimum Gasteiger partial charge on any atom is -0.319 e. The number of H-pyrrole nitrogens is 2. The zero-order valence-corrected chi connectivity index (χ0v) is 8.29. The highest BCUT2D eigenvalue weighted by Crippen LogP contribution is 2.01. The summed E-state index contributed by atoms with van der Waals surface area (Å²) >= 11 is 0. The number of hydrogen-bond donors (Lipinski definition) is 2. The molecule has 2 aromatic rings. The van der Waals surface area contributed by atoms with Crippen molar-refractivity contribution in [2.75, 3.05) is 0 Å². The Balaban J connectivity index is 2.81. The summed E-state index contributed by atoms with van der Waals surface area (Å²) in [6.45, 7) is 4.81. The summed E-state index contributed by atoms with van der Waals surface area (Å²) in [4.78, 5) is 21.5. The second kappa shape index (κ2) is 3.25. The Bertz CT molecular complexity index is 511. The Kier molecular flexibility index (Phi) is 2.07. The van der Waals surface area contributed by atoms with Crippen LogP contribution in [0.3, 0.4) is 0 Å². The smallest absolute Gasteiger partial charge is 0.319 e. The van der Waals surface area contributed by atoms with Crippen molar-refractivity contribution in [3.8, 4) is 0 Å². The SMILES string of the molecule is CCc1nc2c([nH]1)c(=O)[nH]c[n+]2CC. The van der Waals surface area contributed by atoms with Crippen molar-refractivity contribution < 1.29 is 4.57 Å². The van der Waals surface area contributed by atoms with Crippen LogP contribution in [0.1, 0.15) is 19.7 Å². The quantitative estimate of drug-likeness (QED) is 0.665. The monoisotopic (exact) mass is 193 g/mol. The van der Waals surface area contributed by atoms with E-state index in [9.17, 15) is 4.79 Å². The lowest BCUT2D eigenvalue weighted by atomic mass is 10.5. The van der Waals surface area contributed by atoms with Crippen molar-refractivity contribution in [1.29, 1.82) is 0 Å². The van der Waals surface area contributed by atoms with E-state index < -0.39 is 0 Å². The maximum absolute atomic E-state index is 11.4. The van der Waals surface area contributed by atoms with E-state index in [-0.39, 0.29) is 5.56 Å². The summed E-state index contributed by atoms with van der Waals surface area (Å²) in [5, 5.41) is 0. The number of aryl methyl sites for hydroxylation is 2. The molecule has 2 aromatic heterocycles. The summed E-state index contributed by atoms with van der Waals surface area (Å²) in [5.74, 6) is 0.846. The molecule has 2 N–H and O–H groups in total. The fourth-order valence-corrected chi connectivity index (χ4v) is 1.46. The predicted molar refractivity (Wildman–Crippen MR) is 52.0 cm³/mol. The average molecular weight is 193 g/mol. The van der Waals surface area contributed by atoms with Gasteiger partial charge >= 0.3 is 5.56 Å². The minimum absolute atomic E-state index is 0.114. The lowest BCUT2D eigenvalue weighted by Gasteiger charge is -1.92. The van der Waals surface area contributed by atoms with Gasteiger partial charge in [0.05, 0.1) is 6.54 Å². The summed E-state index contributed by atoms with van der Waals surface area (Å²) in [6.07, 6.45) is 2.46. The topological polar surface area (TPSA) is 65.4 Å². The van der Waals surface area contributed by atoms with Gasteiger partial charge in [-0.15, -0.1) is 0 Å². The summed E-state index contributed by atoms with van der Waals surface area (Å²) in [7, 11) is 0. The van der Waals surface area contributed by atoms with Crippen molar-refractivity contribution in [3.05, 3.63) is 22.5 Å². The first-order valence-electron chi connectivity index (χ1n) is 4.76. The van der Waals surface area contributed by atoms with E-state index in [2.05, 4.69) is 15.0 Å². The third kappa shape index (κ3) is 1.21. The fourth-order valence-electron chi connectivity index (χ4n) is 1.46. The van der Waals surface area contributed by atoms with Crippen LogP contribution in [0.15, 0.2) is 11.1 Å². The van der Waals surface area contributed by atoms with E-state index in [1.807, 2.05) is 18.4 Å². The molecule has 0 saturated heterocycles. The lowest BCUT2D eigenvalue weighted by Crippen LogP contribution is -2.36. The summed E-state index contributed by atoms with van der Waals surface area (Å²) in [5.41, 5.74) is 1.18. The van der Waals surface area contributed by atoms with Crippen LogP contribution in [-0.2, 0) is 13.0 Å². The van der Waals surface area contributed by atoms with Crippen LogP contribution in [0.2, 0.25) is 0 Å². The van der Waals surface area contributed by atoms with Crippen molar-refractivity contribution in [2.24, 2.45) is 0 Å². The van der Waals surface area contributed by atoms with Gasteiger partial charge < -0.3 is 4.98 Å². The van der Waals surface area contributed by atoms with Gasteiger partial charge in [-0.2, -0.15) is 0 Å². The molecule has 0 aliphatic carbocycles. The predicted octanol–water partition coefficient (Wildman–Crippen LogP) is 0.121. The summed E-state index contributed by atoms with van der Waals surface area (Å²) < 4.78 is 1.91. The molecule has 0 aromatic carbocycles. The third-order valence-electron chi connectivity index (χ3n) is 2.26. The Morgan fingerprint density at radius 1 is 1.50 bits per heavy atom. The van der Waals surface area contributed by atoms with E-state index >= 15 is 0 Å². The summed E-state index contributed by atoms with van der Waals surface area (Å²) in [6, 6.07) is 0. The van der Waals surface area contributed by atoms with E-state index in [4.69, 9.17) is 0 Å². The van der Waals surface area contributed by atoms with Gasteiger partial charge in [-0.25, -0.2) is 14.3 Å². The molecule has 0 aliphatic rings. The number of fused-ring (bicyclic) bond motifs is 1. The van der Waals surface area contributed by atoms with Crippen LogP contribution in [0, 0.1) is 0 Å². The highest BCUT2D eigenvalue weighted by molar-refractivity contribution is 5.65. The van der Waals surface area contributed by atoms with Gasteiger partial charge in [0.1, 0.15) is 0 Å². The number of aromatic nitrogens is 4. The minimum atomic E-state index is -0.114. The zero-order chi connectivity index (χ0) is 10.1. The second-order valence-corrected chi connectivity index (χ2v) is 3.12. The largest absolute Gasteiger partial charge is 0.334 e. The first kappa shape index (κ1) is 8.93. The Morgan fingerprint density at radius 3 is 2.93 bits per heavy atom. The molecule has 0 amide bonds. The normalized spacial score (nSPS) is 11.0. The highest BCUT2D eigenvalue weighted by Gasteiger charge is 2.14. The molecule has 0 aliphatic heterocycles. The Morgan fingerprint density at radius 2 is 2.29 bits per heavy atom. The lowest BCUT2D eigenvalue weighted by molar-refractivity contribution is -0.672. The number of aromatic amines is 2. The number of imidazole rings is 1. The van der Waals surface area contributed by atoms with Crippen LogP contribution >= 0.6 is 0 Å². The second-order valence-electron chi connectivity index (χ2n) is 3.12. The molecule has 5 heteroatoms. The molecular weight excluding hydrogens is 180 g/mol. The number of nitrogens with zero attached hydrogens (tertiary/aromatic N) is 2. The molecular formula is C9H13N4O+. The van der Waals surface area contributed by atoms with Crippen molar-refractivity contribution in [3.63, 3.8) is 0 Å². The molecule has 2 rings (SSSR count). The molecule has 2 heterocycles. The molecule has 0 saturated carbocycles. The molecule has 0 radical (unpaired) electrons. The molecule has 0 fully saturated rings. The van der Waals surface area contributed by atoms with Gasteiger partial charge in [-0.3, -0.25) is 0 Å². The Labute approximate surface area is 80.8 Å². The van der Waals surface area contributed by atoms with Crippen molar-refractivity contribution in [1.82, 2.24) is 15.0 Å². The van der Waals surface area contributed by atoms with Gasteiger partial charge in [-0.05, 0) is 6.92 Å². The maximum Gasteiger partial charge on any atom is 0.334 e. The van der Waals surface area contributed by atoms with Gasteiger partial charge in [0.15, 0.2) is 12.2 Å². The van der Waals surface area contributed by atoms with Crippen molar-refractivity contribution in [2.45, 2.75) is 26.8 Å². The van der Waals surface area contributed by atoms with Crippen LogP contribution in [0.25, 0.3) is 11.2 Å². The number of hydrogen-bond acceptors (Lipinski definition) is 2. The third-order valence-corrected chi connectivity index (χ3v) is 2.26. The number of nitrogens with one attached hydrogen (secondary N) is 2. The standard InChI is InChI=1S/C9H12N4O/c1-3-6-11-7-8(12-6)13(4-2)5-10-9(7)14/h5H,3-4H2,1-2H3,(H,11,12,14)/p+1. The molecule has 0 spiro atoms. The zero-order valence-electron chi connectivity index (χ0n) is 8.29. The van der Waals surface area contributed by atoms with Gasteiger partial charge in [0.2, 0.25) is 5.52 Å². The van der Waals surface area contributed by atoms with Crippen LogP contribution < -0.4 is 10.1 Å². The molecule has 0 atom stereocenters. The highest BCUT2D eigenvalue weighted by atomic mass is 16.1. The maximum atomic E-state index is 11.4. The van der Waals surface area contributed by atoms with E-state index in [1.54, 1.807) is 6.33 Å². The van der Waals surface area contributed by atoms with E-state index in [1.165, 1.54) is 0 Å². The molecule has 0 bridgehead atoms. The van der Waals surface area contributed by atoms with E-state index in [0.717, 1.165) is 24.4 Å². The van der Waals surface area contributed by atoms with E-state index in [0.29, 0.717) is 5.52 Å². The molecule has 14 heavy (non-hydrogen) atoms. The molecule has 0 unspecified atom stereocenters. The van der Waals surface area contributed by atoms with Gasteiger partial charge in [0, 0.05) is 6.42 Å². The van der Waals surface area contributed by atoms with Crippen LogP contribution in [0.5, 0.6) is 0 Å². The number of rotatable bonds is 2. The fraction of sp³-hybridized carbons (Fsp3) is 0.444. The molecule has 74 valence electrons. The average Bonchev–Trinajstić information content (AvgIpc) is 2.63. The van der Waals surface area contributed by atoms with Crippen LogP contribution in [-0.4, -0.2) is 15.0 Å². The Hall–Kier alpha value is -1.65. The first-order chi connectivity index (χ1) is 6.76. The van der Waals surface area contributed by atoms with Crippen LogP contribution in [0.4, 0.5) is 0 Å². The molecule has 5 nitrogen and oxygen atoms in total. The first-order valence-corrected chi connectivity index (χ1v) is 4.76.